The Morgan fingerprint density at radius 1 is 0.871 bits per heavy atom. The number of benzene rings is 3. The fraction of sp³-hybridized carbons (Fsp3) is 0.200. The van der Waals surface area contributed by atoms with Crippen molar-refractivity contribution in [2.24, 2.45) is 0 Å². The molecule has 2 N–H and O–H groups in total. The Balaban J connectivity index is 1.66. The van der Waals surface area contributed by atoms with Crippen LogP contribution >= 0.6 is 0 Å². The second kappa shape index (κ2) is 10.4. The van der Waals surface area contributed by atoms with E-state index in [9.17, 15) is 9.59 Å². The van der Waals surface area contributed by atoms with E-state index in [4.69, 9.17) is 9.47 Å². The van der Waals surface area contributed by atoms with Gasteiger partial charge in [-0.1, -0.05) is 66.7 Å². The number of nitrogens with one attached hydrogen (secondary N) is 2. The maximum Gasteiger partial charge on any atom is 0.329 e. The summed E-state index contributed by atoms with van der Waals surface area (Å²) in [4.78, 5) is 25.0. The number of carbonyl (C=O) groups excluding carboxylic acids is 2. The van der Waals surface area contributed by atoms with E-state index < -0.39 is 11.5 Å². The molecule has 1 amide bonds. The van der Waals surface area contributed by atoms with Gasteiger partial charge in [0.15, 0.2) is 0 Å². The zero-order valence-corrected chi connectivity index (χ0v) is 17.6. The molecule has 0 aliphatic rings. The van der Waals surface area contributed by atoms with Gasteiger partial charge in [-0.15, -0.1) is 0 Å². The van der Waals surface area contributed by atoms with Crippen molar-refractivity contribution in [2.75, 3.05) is 25.6 Å². The maximum absolute atomic E-state index is 12.7. The highest BCUT2D eigenvalue weighted by atomic mass is 16.5. The number of carbonyl (C=O) groups is 2. The van der Waals surface area contributed by atoms with E-state index in [0.29, 0.717) is 11.4 Å². The topological polar surface area (TPSA) is 76.7 Å². The first kappa shape index (κ1) is 22.1. The molecule has 0 aromatic heterocycles. The number of hydrogen-bond acceptors (Lipinski definition) is 5. The van der Waals surface area contributed by atoms with Gasteiger partial charge >= 0.3 is 5.97 Å². The number of amides is 1. The van der Waals surface area contributed by atoms with Crippen LogP contribution in [0.5, 0.6) is 5.75 Å². The Kier molecular flexibility index (Phi) is 7.40. The van der Waals surface area contributed by atoms with Crippen LogP contribution in [0, 0.1) is 0 Å². The van der Waals surface area contributed by atoms with Crippen molar-refractivity contribution in [3.05, 3.63) is 84.9 Å². The summed E-state index contributed by atoms with van der Waals surface area (Å²) >= 11 is 0. The number of para-hydroxylation sites is 2. The van der Waals surface area contributed by atoms with Crippen molar-refractivity contribution in [1.82, 2.24) is 5.32 Å². The molecule has 1 atom stereocenters. The predicted octanol–water partition coefficient (Wildman–Crippen LogP) is 3.89. The number of rotatable bonds is 9. The first-order valence-corrected chi connectivity index (χ1v) is 9.97. The molecule has 3 aromatic carbocycles. The first-order chi connectivity index (χ1) is 15.0. The third-order valence-electron chi connectivity index (χ3n) is 4.83. The van der Waals surface area contributed by atoms with Crippen molar-refractivity contribution < 1.29 is 19.1 Å². The Morgan fingerprint density at radius 3 is 2.16 bits per heavy atom. The van der Waals surface area contributed by atoms with Crippen LogP contribution in [0.15, 0.2) is 84.9 Å². The number of ether oxygens (including phenoxy) is 2. The number of methoxy groups -OCH3 is 1. The number of hydrogen-bond donors (Lipinski definition) is 2. The summed E-state index contributed by atoms with van der Waals surface area (Å²) in [5, 5.41) is 5.90. The SMILES string of the molecule is COC(=O)C(C)(COc1ccccc1)NCC(=O)Nc1ccccc1-c1ccccc1. The smallest absolute Gasteiger partial charge is 0.329 e. The van der Waals surface area contributed by atoms with E-state index in [1.165, 1.54) is 7.11 Å². The summed E-state index contributed by atoms with van der Waals surface area (Å²) in [6, 6.07) is 26.5. The molecular weight excluding hydrogens is 392 g/mol. The average molecular weight is 418 g/mol. The molecule has 1 unspecified atom stereocenters. The molecule has 0 saturated carbocycles. The Hall–Kier alpha value is -3.64. The fourth-order valence-corrected chi connectivity index (χ4v) is 3.08. The van der Waals surface area contributed by atoms with E-state index in [-0.39, 0.29) is 19.1 Å². The van der Waals surface area contributed by atoms with Crippen molar-refractivity contribution >= 4 is 17.6 Å². The van der Waals surface area contributed by atoms with Gasteiger partial charge in [-0.25, -0.2) is 4.79 Å². The molecule has 0 fully saturated rings. The third-order valence-corrected chi connectivity index (χ3v) is 4.83. The molecule has 0 radical (unpaired) electrons. The van der Waals surface area contributed by atoms with E-state index >= 15 is 0 Å². The molecule has 160 valence electrons. The molecule has 6 heteroatoms. The second-order valence-corrected chi connectivity index (χ2v) is 7.24. The lowest BCUT2D eigenvalue weighted by Crippen LogP contribution is -2.56. The average Bonchev–Trinajstić information content (AvgIpc) is 2.82. The fourth-order valence-electron chi connectivity index (χ4n) is 3.08. The number of anilines is 1. The van der Waals surface area contributed by atoms with Crippen LogP contribution in [0.2, 0.25) is 0 Å². The molecular formula is C25H26N2O4. The molecule has 0 aliphatic carbocycles. The molecule has 0 spiro atoms. The van der Waals surface area contributed by atoms with Crippen LogP contribution in [0.4, 0.5) is 5.69 Å². The lowest BCUT2D eigenvalue weighted by atomic mass is 10.0. The van der Waals surface area contributed by atoms with Gasteiger partial charge in [0.2, 0.25) is 5.91 Å². The van der Waals surface area contributed by atoms with Gasteiger partial charge in [0.05, 0.1) is 13.7 Å². The normalized spacial score (nSPS) is 12.5. The lowest BCUT2D eigenvalue weighted by molar-refractivity contribution is -0.149. The minimum Gasteiger partial charge on any atom is -0.491 e. The van der Waals surface area contributed by atoms with E-state index in [2.05, 4.69) is 10.6 Å². The van der Waals surface area contributed by atoms with Crippen molar-refractivity contribution in [3.63, 3.8) is 0 Å². The van der Waals surface area contributed by atoms with Gasteiger partial charge in [-0.3, -0.25) is 10.1 Å². The molecule has 3 rings (SSSR count). The highest BCUT2D eigenvalue weighted by Gasteiger charge is 2.35. The highest BCUT2D eigenvalue weighted by molar-refractivity contribution is 5.97. The standard InChI is InChI=1S/C25H26N2O4/c1-25(24(29)30-2,18-31-20-13-7-4-8-14-20)26-17-23(28)27-22-16-10-9-15-21(22)19-11-5-3-6-12-19/h3-16,26H,17-18H2,1-2H3,(H,27,28). The van der Waals surface area contributed by atoms with Crippen LogP contribution in [-0.2, 0) is 14.3 Å². The van der Waals surface area contributed by atoms with Crippen LogP contribution < -0.4 is 15.4 Å². The molecule has 0 heterocycles. The summed E-state index contributed by atoms with van der Waals surface area (Å²) in [6.07, 6.45) is 0. The van der Waals surface area contributed by atoms with Crippen molar-refractivity contribution in [3.8, 4) is 16.9 Å². The van der Waals surface area contributed by atoms with E-state index in [0.717, 1.165) is 11.1 Å². The first-order valence-electron chi connectivity index (χ1n) is 9.97. The molecule has 0 aliphatic heterocycles. The van der Waals surface area contributed by atoms with Crippen LogP contribution in [0.3, 0.4) is 0 Å². The van der Waals surface area contributed by atoms with Gasteiger partial charge in [-0.2, -0.15) is 0 Å². The molecule has 0 saturated heterocycles. The van der Waals surface area contributed by atoms with Crippen LogP contribution in [-0.4, -0.2) is 37.7 Å². The van der Waals surface area contributed by atoms with Gasteiger partial charge < -0.3 is 14.8 Å². The lowest BCUT2D eigenvalue weighted by Gasteiger charge is -2.27. The van der Waals surface area contributed by atoms with Gasteiger partial charge in [0.1, 0.15) is 17.9 Å². The Bertz CT molecular complexity index is 1010. The van der Waals surface area contributed by atoms with Crippen LogP contribution in [0.25, 0.3) is 11.1 Å². The van der Waals surface area contributed by atoms with Gasteiger partial charge in [0.25, 0.3) is 0 Å². The molecule has 3 aromatic rings. The summed E-state index contributed by atoms with van der Waals surface area (Å²) in [7, 11) is 1.31. The summed E-state index contributed by atoms with van der Waals surface area (Å²) in [5.74, 6) is -0.167. The summed E-state index contributed by atoms with van der Waals surface area (Å²) < 4.78 is 10.6. The zero-order valence-electron chi connectivity index (χ0n) is 17.6. The molecule has 31 heavy (non-hydrogen) atoms. The Labute approximate surface area is 182 Å². The highest BCUT2D eigenvalue weighted by Crippen LogP contribution is 2.27. The van der Waals surface area contributed by atoms with Gasteiger partial charge in [0, 0.05) is 11.3 Å². The summed E-state index contributed by atoms with van der Waals surface area (Å²) in [5.41, 5.74) is 1.42. The Morgan fingerprint density at radius 2 is 1.48 bits per heavy atom. The van der Waals surface area contributed by atoms with E-state index in [1.807, 2.05) is 72.8 Å². The minimum absolute atomic E-state index is 0.0115. The van der Waals surface area contributed by atoms with Gasteiger partial charge in [-0.05, 0) is 30.7 Å². The summed E-state index contributed by atoms with van der Waals surface area (Å²) in [6.45, 7) is 1.57. The van der Waals surface area contributed by atoms with E-state index in [1.54, 1.807) is 19.1 Å². The largest absolute Gasteiger partial charge is 0.491 e. The molecule has 6 nitrogen and oxygen atoms in total. The molecule has 0 bridgehead atoms. The quantitative estimate of drug-likeness (QED) is 0.516. The zero-order chi connectivity index (χ0) is 22.1. The second-order valence-electron chi connectivity index (χ2n) is 7.24. The number of esters is 1. The van der Waals surface area contributed by atoms with Crippen molar-refractivity contribution in [2.45, 2.75) is 12.5 Å². The van der Waals surface area contributed by atoms with Crippen LogP contribution in [0.1, 0.15) is 6.92 Å². The van der Waals surface area contributed by atoms with Crippen molar-refractivity contribution in [1.29, 1.82) is 0 Å². The predicted molar refractivity (Wildman–Crippen MR) is 121 cm³/mol. The third kappa shape index (κ3) is 5.93. The monoisotopic (exact) mass is 418 g/mol. The maximum atomic E-state index is 12.7. The minimum atomic E-state index is -1.19.